The van der Waals surface area contributed by atoms with Crippen molar-refractivity contribution in [1.29, 1.82) is 0 Å². The monoisotopic (exact) mass is 441 g/mol. The molecule has 2 fully saturated rings. The lowest BCUT2D eigenvalue weighted by Gasteiger charge is -2.38. The second-order valence-corrected chi connectivity index (χ2v) is 8.60. The number of phenolic OH excluding ortho intramolecular Hbond substituents is 1. The summed E-state index contributed by atoms with van der Waals surface area (Å²) in [4.78, 5) is 8.26. The molecule has 2 aliphatic rings. The molecule has 2 aliphatic heterocycles. The second kappa shape index (κ2) is 9.84. The Morgan fingerprint density at radius 1 is 0.935 bits per heavy atom. The number of benzene rings is 2. The van der Waals surface area contributed by atoms with Crippen molar-refractivity contribution in [3.05, 3.63) is 54.2 Å². The van der Waals surface area contributed by atoms with Gasteiger partial charge in [0.1, 0.15) is 5.75 Å². The number of nitrogens with zero attached hydrogens (tertiary/aromatic N) is 2. The fourth-order valence-corrected chi connectivity index (χ4v) is 5.00. The number of aromatic amines is 1. The summed E-state index contributed by atoms with van der Waals surface area (Å²) < 4.78 is 5.52. The van der Waals surface area contributed by atoms with Crippen molar-refractivity contribution in [2.45, 2.75) is 25.7 Å². The fraction of sp³-hybridized carbons (Fsp3) is 0.440. The quantitative estimate of drug-likeness (QED) is 0.586. The first-order chi connectivity index (χ1) is 14.8. The van der Waals surface area contributed by atoms with Gasteiger partial charge in [-0.05, 0) is 55.4 Å². The summed E-state index contributed by atoms with van der Waals surface area (Å²) in [5.74, 6) is 1.12. The minimum Gasteiger partial charge on any atom is -0.508 e. The van der Waals surface area contributed by atoms with E-state index in [0.717, 1.165) is 57.4 Å². The molecule has 0 saturated carbocycles. The smallest absolute Gasteiger partial charge is 0.117 e. The number of ether oxygens (including phenoxy) is 1. The summed E-state index contributed by atoms with van der Waals surface area (Å²) in [6.07, 6.45) is 7.04. The average molecular weight is 442 g/mol. The van der Waals surface area contributed by atoms with Gasteiger partial charge in [-0.1, -0.05) is 18.2 Å². The number of aromatic nitrogens is 1. The predicted molar refractivity (Wildman–Crippen MR) is 130 cm³/mol. The predicted octanol–water partition coefficient (Wildman–Crippen LogP) is 4.98. The summed E-state index contributed by atoms with van der Waals surface area (Å²) in [5.41, 5.74) is 5.09. The SMILES string of the molecule is Cl.Oc1ccc(N2CCC(CCc3c[nH]c4ccccc34)CC2)c(N2CCOCC2)c1. The van der Waals surface area contributed by atoms with E-state index in [1.807, 2.05) is 12.1 Å². The summed E-state index contributed by atoms with van der Waals surface area (Å²) in [6.45, 7) is 5.45. The number of phenols is 1. The number of anilines is 2. The topological polar surface area (TPSA) is 51.7 Å². The molecule has 0 unspecified atom stereocenters. The van der Waals surface area contributed by atoms with E-state index in [-0.39, 0.29) is 12.4 Å². The lowest BCUT2D eigenvalue weighted by Crippen LogP contribution is -2.39. The van der Waals surface area contributed by atoms with Crippen molar-refractivity contribution in [3.8, 4) is 5.75 Å². The molecular weight excluding hydrogens is 410 g/mol. The molecule has 0 amide bonds. The van der Waals surface area contributed by atoms with Gasteiger partial charge in [0.2, 0.25) is 0 Å². The molecule has 0 bridgehead atoms. The zero-order valence-electron chi connectivity index (χ0n) is 17.9. The normalized spacial score (nSPS) is 17.7. The number of morpholine rings is 1. The number of H-pyrrole nitrogens is 1. The largest absolute Gasteiger partial charge is 0.508 e. The van der Waals surface area contributed by atoms with Crippen LogP contribution in [0.5, 0.6) is 5.75 Å². The maximum atomic E-state index is 10.1. The molecule has 2 aromatic carbocycles. The molecule has 6 heteroatoms. The second-order valence-electron chi connectivity index (χ2n) is 8.60. The number of hydrogen-bond acceptors (Lipinski definition) is 4. The molecule has 2 N–H and O–H groups in total. The van der Waals surface area contributed by atoms with Crippen molar-refractivity contribution in [2.75, 3.05) is 49.2 Å². The lowest BCUT2D eigenvalue weighted by molar-refractivity contribution is 0.122. The number of aromatic hydroxyl groups is 1. The minimum absolute atomic E-state index is 0. The van der Waals surface area contributed by atoms with Crippen LogP contribution in [0.4, 0.5) is 11.4 Å². The van der Waals surface area contributed by atoms with Crippen LogP contribution in [0.1, 0.15) is 24.8 Å². The van der Waals surface area contributed by atoms with Gasteiger partial charge < -0.3 is 24.6 Å². The molecule has 5 nitrogen and oxygen atoms in total. The van der Waals surface area contributed by atoms with Crippen molar-refractivity contribution in [3.63, 3.8) is 0 Å². The van der Waals surface area contributed by atoms with E-state index in [2.05, 4.69) is 51.3 Å². The van der Waals surface area contributed by atoms with Gasteiger partial charge in [-0.3, -0.25) is 0 Å². The van der Waals surface area contributed by atoms with Crippen LogP contribution >= 0.6 is 12.4 Å². The number of para-hydroxylation sites is 1. The molecule has 0 atom stereocenters. The summed E-state index contributed by atoms with van der Waals surface area (Å²) in [6, 6.07) is 14.4. The lowest BCUT2D eigenvalue weighted by atomic mass is 9.90. The van der Waals surface area contributed by atoms with Gasteiger partial charge in [0.15, 0.2) is 0 Å². The summed E-state index contributed by atoms with van der Waals surface area (Å²) in [7, 11) is 0. The van der Waals surface area contributed by atoms with Gasteiger partial charge in [0.05, 0.1) is 24.6 Å². The average Bonchev–Trinajstić information content (AvgIpc) is 3.22. The molecule has 31 heavy (non-hydrogen) atoms. The van der Waals surface area contributed by atoms with Gasteiger partial charge >= 0.3 is 0 Å². The molecule has 166 valence electrons. The third-order valence-electron chi connectivity index (χ3n) is 6.76. The molecule has 0 radical (unpaired) electrons. The number of halogens is 1. The van der Waals surface area contributed by atoms with Crippen LogP contribution in [0.15, 0.2) is 48.7 Å². The summed E-state index contributed by atoms with van der Waals surface area (Å²) >= 11 is 0. The first kappa shape index (κ1) is 21.8. The highest BCUT2D eigenvalue weighted by Gasteiger charge is 2.24. The number of aryl methyl sites for hydroxylation is 1. The first-order valence-electron chi connectivity index (χ1n) is 11.2. The fourth-order valence-electron chi connectivity index (χ4n) is 5.00. The maximum Gasteiger partial charge on any atom is 0.117 e. The van der Waals surface area contributed by atoms with Crippen molar-refractivity contribution in [1.82, 2.24) is 4.98 Å². The molecule has 3 heterocycles. The Morgan fingerprint density at radius 3 is 2.48 bits per heavy atom. The van der Waals surface area contributed by atoms with Gasteiger partial charge in [0, 0.05) is 49.3 Å². The van der Waals surface area contributed by atoms with Crippen LogP contribution in [0.2, 0.25) is 0 Å². The molecule has 3 aromatic rings. The number of piperidine rings is 1. The van der Waals surface area contributed by atoms with E-state index < -0.39 is 0 Å². The number of rotatable bonds is 5. The molecular formula is C25H32ClN3O2. The van der Waals surface area contributed by atoms with E-state index in [4.69, 9.17) is 4.74 Å². The van der Waals surface area contributed by atoms with Crippen LogP contribution in [-0.2, 0) is 11.2 Å². The number of fused-ring (bicyclic) bond motifs is 1. The maximum absolute atomic E-state index is 10.1. The molecule has 2 saturated heterocycles. The first-order valence-corrected chi connectivity index (χ1v) is 11.2. The highest BCUT2D eigenvalue weighted by Crippen LogP contribution is 2.36. The Hall–Kier alpha value is -2.37. The highest BCUT2D eigenvalue weighted by atomic mass is 35.5. The van der Waals surface area contributed by atoms with E-state index in [9.17, 15) is 5.11 Å². The van der Waals surface area contributed by atoms with Crippen molar-refractivity contribution < 1.29 is 9.84 Å². The van der Waals surface area contributed by atoms with Crippen LogP contribution in [-0.4, -0.2) is 49.5 Å². The zero-order chi connectivity index (χ0) is 20.3. The highest BCUT2D eigenvalue weighted by molar-refractivity contribution is 5.85. The van der Waals surface area contributed by atoms with E-state index in [1.165, 1.54) is 41.4 Å². The van der Waals surface area contributed by atoms with Gasteiger partial charge in [-0.25, -0.2) is 0 Å². The Bertz CT molecular complexity index is 991. The third kappa shape index (κ3) is 4.78. The van der Waals surface area contributed by atoms with E-state index in [1.54, 1.807) is 0 Å². The summed E-state index contributed by atoms with van der Waals surface area (Å²) in [5, 5.41) is 11.4. The molecule has 0 spiro atoms. The number of nitrogens with one attached hydrogen (secondary N) is 1. The molecule has 0 aliphatic carbocycles. The van der Waals surface area contributed by atoms with E-state index in [0.29, 0.717) is 5.75 Å². The third-order valence-corrected chi connectivity index (χ3v) is 6.76. The standard InChI is InChI=1S/C25H31N3O2.ClH/c29-21-7-8-24(25(17-21)28-13-15-30-16-14-28)27-11-9-19(10-12-27)5-6-20-18-26-23-4-2-1-3-22(20)23;/h1-4,7-8,17-19,26,29H,5-6,9-16H2;1H. The Kier molecular flexibility index (Phi) is 6.93. The van der Waals surface area contributed by atoms with Crippen LogP contribution < -0.4 is 9.80 Å². The van der Waals surface area contributed by atoms with Gasteiger partial charge in [-0.2, -0.15) is 0 Å². The van der Waals surface area contributed by atoms with E-state index >= 15 is 0 Å². The molecule has 5 rings (SSSR count). The van der Waals surface area contributed by atoms with Crippen LogP contribution in [0.3, 0.4) is 0 Å². The Balaban J connectivity index is 0.00000231. The van der Waals surface area contributed by atoms with Gasteiger partial charge in [-0.15, -0.1) is 12.4 Å². The van der Waals surface area contributed by atoms with Crippen LogP contribution in [0.25, 0.3) is 10.9 Å². The van der Waals surface area contributed by atoms with Crippen molar-refractivity contribution >= 4 is 34.7 Å². The van der Waals surface area contributed by atoms with Crippen LogP contribution in [0, 0.1) is 5.92 Å². The Labute approximate surface area is 190 Å². The van der Waals surface area contributed by atoms with Crippen molar-refractivity contribution in [2.24, 2.45) is 5.92 Å². The molecule has 1 aromatic heterocycles. The Morgan fingerprint density at radius 2 is 1.68 bits per heavy atom. The minimum atomic E-state index is 0. The zero-order valence-corrected chi connectivity index (χ0v) is 18.7. The number of hydrogen-bond donors (Lipinski definition) is 2. The van der Waals surface area contributed by atoms with Gasteiger partial charge in [0.25, 0.3) is 0 Å².